The first-order valence-electron chi connectivity index (χ1n) is 7.55. The predicted molar refractivity (Wildman–Crippen MR) is 81.7 cm³/mol. The Morgan fingerprint density at radius 3 is 2.60 bits per heavy atom. The van der Waals surface area contributed by atoms with Crippen LogP contribution >= 0.6 is 0 Å². The molecule has 1 aliphatic rings. The molecule has 1 atom stereocenters. The molecule has 1 unspecified atom stereocenters. The van der Waals surface area contributed by atoms with Gasteiger partial charge in [0.1, 0.15) is 0 Å². The third-order valence-electron chi connectivity index (χ3n) is 4.27. The van der Waals surface area contributed by atoms with Crippen LogP contribution in [0, 0.1) is 5.92 Å². The maximum Gasteiger partial charge on any atom is 0.0914 e. The maximum absolute atomic E-state index is 6.53. The van der Waals surface area contributed by atoms with Crippen molar-refractivity contribution in [2.24, 2.45) is 11.7 Å². The van der Waals surface area contributed by atoms with Gasteiger partial charge in [0, 0.05) is 33.2 Å². The number of ether oxygens (including phenoxy) is 2. The van der Waals surface area contributed by atoms with E-state index in [0.29, 0.717) is 5.92 Å². The number of hydrogen-bond donors (Lipinski definition) is 1. The van der Waals surface area contributed by atoms with Crippen LogP contribution < -0.4 is 5.73 Å². The van der Waals surface area contributed by atoms with E-state index in [-0.39, 0.29) is 11.6 Å². The van der Waals surface area contributed by atoms with Gasteiger partial charge in [-0.05, 0) is 23.5 Å². The second-order valence-corrected chi connectivity index (χ2v) is 6.20. The zero-order chi connectivity index (χ0) is 14.6. The van der Waals surface area contributed by atoms with E-state index in [1.54, 1.807) is 7.11 Å². The van der Waals surface area contributed by atoms with Crippen LogP contribution in [0.1, 0.15) is 43.9 Å². The number of hydrogen-bond acceptors (Lipinski definition) is 3. The van der Waals surface area contributed by atoms with Gasteiger partial charge < -0.3 is 15.2 Å². The van der Waals surface area contributed by atoms with E-state index in [9.17, 15) is 0 Å². The van der Waals surface area contributed by atoms with Gasteiger partial charge >= 0.3 is 0 Å². The minimum absolute atomic E-state index is 0.0940. The molecule has 0 spiro atoms. The Bertz CT molecular complexity index is 425. The van der Waals surface area contributed by atoms with Crippen LogP contribution in [0.4, 0.5) is 0 Å². The maximum atomic E-state index is 6.53. The van der Waals surface area contributed by atoms with Gasteiger partial charge in [-0.3, -0.25) is 0 Å². The van der Waals surface area contributed by atoms with E-state index in [2.05, 4.69) is 38.1 Å². The summed E-state index contributed by atoms with van der Waals surface area (Å²) < 4.78 is 11.3. The zero-order valence-electron chi connectivity index (χ0n) is 12.9. The van der Waals surface area contributed by atoms with Crippen molar-refractivity contribution in [3.8, 4) is 0 Å². The molecular weight excluding hydrogens is 250 g/mol. The molecule has 0 amide bonds. The smallest absolute Gasteiger partial charge is 0.0914 e. The van der Waals surface area contributed by atoms with E-state index in [4.69, 9.17) is 15.2 Å². The lowest BCUT2D eigenvalue weighted by molar-refractivity contribution is -0.105. The van der Waals surface area contributed by atoms with Gasteiger partial charge in [-0.15, -0.1) is 0 Å². The highest BCUT2D eigenvalue weighted by molar-refractivity contribution is 5.28. The molecule has 1 aromatic carbocycles. The predicted octanol–water partition coefficient (Wildman–Crippen LogP) is 3.08. The fourth-order valence-electron chi connectivity index (χ4n) is 3.05. The Hall–Kier alpha value is -0.900. The first-order chi connectivity index (χ1) is 9.57. The van der Waals surface area contributed by atoms with Gasteiger partial charge in [0.2, 0.25) is 0 Å². The molecule has 1 aromatic rings. The van der Waals surface area contributed by atoms with Crippen LogP contribution in [-0.4, -0.2) is 25.9 Å². The van der Waals surface area contributed by atoms with Gasteiger partial charge in [0.25, 0.3) is 0 Å². The first-order valence-corrected chi connectivity index (χ1v) is 7.55. The third-order valence-corrected chi connectivity index (χ3v) is 4.27. The van der Waals surface area contributed by atoms with Crippen molar-refractivity contribution in [2.75, 3.05) is 20.3 Å². The van der Waals surface area contributed by atoms with E-state index in [1.807, 2.05) is 0 Å². The largest absolute Gasteiger partial charge is 0.381 e. The van der Waals surface area contributed by atoms with Crippen molar-refractivity contribution in [2.45, 2.75) is 44.8 Å². The number of methoxy groups -OCH3 is 1. The molecule has 0 aliphatic carbocycles. The fraction of sp³-hybridized carbons (Fsp3) is 0.647. The molecule has 1 heterocycles. The quantitative estimate of drug-likeness (QED) is 0.899. The number of benzene rings is 1. The van der Waals surface area contributed by atoms with Gasteiger partial charge in [0.05, 0.1) is 11.6 Å². The molecule has 112 valence electrons. The van der Waals surface area contributed by atoms with E-state index < -0.39 is 0 Å². The van der Waals surface area contributed by atoms with Gasteiger partial charge in [-0.25, -0.2) is 0 Å². The molecule has 1 aliphatic heterocycles. The molecule has 3 nitrogen and oxygen atoms in total. The lowest BCUT2D eigenvalue weighted by Crippen LogP contribution is -2.47. The van der Waals surface area contributed by atoms with Gasteiger partial charge in [-0.2, -0.15) is 0 Å². The van der Waals surface area contributed by atoms with Crippen LogP contribution in [0.2, 0.25) is 0 Å². The highest BCUT2D eigenvalue weighted by atomic mass is 16.5. The lowest BCUT2D eigenvalue weighted by Gasteiger charge is -2.40. The van der Waals surface area contributed by atoms with E-state index in [1.165, 1.54) is 11.1 Å². The van der Waals surface area contributed by atoms with Crippen molar-refractivity contribution in [3.05, 3.63) is 35.4 Å². The minimum atomic E-state index is -0.283. The van der Waals surface area contributed by atoms with Crippen LogP contribution in [0.15, 0.2) is 24.3 Å². The Morgan fingerprint density at radius 2 is 2.00 bits per heavy atom. The first kappa shape index (κ1) is 15.5. The SMILES string of the molecule is COC1(C(N)c2cccc(CC(C)C)c2)CCOCC1. The summed E-state index contributed by atoms with van der Waals surface area (Å²) in [5.74, 6) is 0.654. The highest BCUT2D eigenvalue weighted by Gasteiger charge is 2.39. The Balaban J connectivity index is 2.20. The monoisotopic (exact) mass is 277 g/mol. The molecule has 2 rings (SSSR count). The average Bonchev–Trinajstić information content (AvgIpc) is 2.47. The third kappa shape index (κ3) is 3.40. The summed E-state index contributed by atoms with van der Waals surface area (Å²) >= 11 is 0. The summed E-state index contributed by atoms with van der Waals surface area (Å²) in [6.07, 6.45) is 2.81. The Labute approximate surface area is 122 Å². The Morgan fingerprint density at radius 1 is 1.30 bits per heavy atom. The highest BCUT2D eigenvalue weighted by Crippen LogP contribution is 2.36. The van der Waals surface area contributed by atoms with E-state index in [0.717, 1.165) is 32.5 Å². The molecule has 20 heavy (non-hydrogen) atoms. The average molecular weight is 277 g/mol. The minimum Gasteiger partial charge on any atom is -0.381 e. The van der Waals surface area contributed by atoms with Gasteiger partial charge in [-0.1, -0.05) is 38.1 Å². The molecule has 0 aromatic heterocycles. The lowest BCUT2D eigenvalue weighted by atomic mass is 9.82. The molecule has 1 saturated heterocycles. The molecular formula is C17H27NO2. The standard InChI is InChI=1S/C17H27NO2/c1-13(2)11-14-5-4-6-15(12-14)16(18)17(19-3)7-9-20-10-8-17/h4-6,12-13,16H,7-11,18H2,1-3H3. The van der Waals surface area contributed by atoms with Crippen molar-refractivity contribution in [1.82, 2.24) is 0 Å². The normalized spacial score (nSPS) is 20.1. The summed E-state index contributed by atoms with van der Waals surface area (Å²) in [4.78, 5) is 0. The topological polar surface area (TPSA) is 44.5 Å². The molecule has 2 N–H and O–H groups in total. The van der Waals surface area contributed by atoms with Crippen molar-refractivity contribution >= 4 is 0 Å². The second kappa shape index (κ2) is 6.70. The Kier molecular flexibility index (Phi) is 5.19. The molecule has 0 radical (unpaired) electrons. The number of rotatable bonds is 5. The van der Waals surface area contributed by atoms with Gasteiger partial charge in [0.15, 0.2) is 0 Å². The van der Waals surface area contributed by atoms with Crippen molar-refractivity contribution in [1.29, 1.82) is 0 Å². The molecule has 0 bridgehead atoms. The summed E-state index contributed by atoms with van der Waals surface area (Å²) in [6.45, 7) is 5.93. The van der Waals surface area contributed by atoms with Crippen LogP contribution in [0.3, 0.4) is 0 Å². The van der Waals surface area contributed by atoms with Crippen LogP contribution in [0.25, 0.3) is 0 Å². The summed E-state index contributed by atoms with van der Waals surface area (Å²) in [5, 5.41) is 0. The summed E-state index contributed by atoms with van der Waals surface area (Å²) in [7, 11) is 1.77. The fourth-order valence-corrected chi connectivity index (χ4v) is 3.05. The molecule has 0 saturated carbocycles. The molecule has 3 heteroatoms. The summed E-state index contributed by atoms with van der Waals surface area (Å²) in [6, 6.07) is 8.55. The van der Waals surface area contributed by atoms with E-state index >= 15 is 0 Å². The van der Waals surface area contributed by atoms with Crippen molar-refractivity contribution < 1.29 is 9.47 Å². The van der Waals surface area contributed by atoms with Crippen LogP contribution in [0.5, 0.6) is 0 Å². The summed E-state index contributed by atoms with van der Waals surface area (Å²) in [5.41, 5.74) is 8.78. The second-order valence-electron chi connectivity index (χ2n) is 6.20. The van der Waals surface area contributed by atoms with Crippen molar-refractivity contribution in [3.63, 3.8) is 0 Å². The van der Waals surface area contributed by atoms with Crippen LogP contribution in [-0.2, 0) is 15.9 Å². The zero-order valence-corrected chi connectivity index (χ0v) is 12.9. The molecule has 1 fully saturated rings. The number of nitrogens with two attached hydrogens (primary N) is 1.